The molecule has 0 atom stereocenters. The van der Waals surface area contributed by atoms with Crippen LogP contribution in [0.2, 0.25) is 0 Å². The van der Waals surface area contributed by atoms with Crippen LogP contribution in [-0.2, 0) is 17.6 Å². The van der Waals surface area contributed by atoms with Crippen molar-refractivity contribution in [3.8, 4) is 6.07 Å². The van der Waals surface area contributed by atoms with E-state index in [2.05, 4.69) is 5.32 Å². The molecule has 0 spiro atoms. The Morgan fingerprint density at radius 2 is 1.85 bits per heavy atom. The number of carbonyl (C=O) groups is 2. The number of fused-ring (bicyclic) bond motifs is 1. The van der Waals surface area contributed by atoms with E-state index in [1.54, 1.807) is 6.92 Å². The van der Waals surface area contributed by atoms with Crippen LogP contribution < -0.4 is 11.1 Å². The summed E-state index contributed by atoms with van der Waals surface area (Å²) in [6.07, 6.45) is 3.96. The molecule has 0 saturated heterocycles. The second-order valence-corrected chi connectivity index (χ2v) is 7.82. The maximum atomic E-state index is 13.3. The van der Waals surface area contributed by atoms with Crippen LogP contribution >= 0.6 is 11.3 Å². The number of nitrogens with two attached hydrogens (primary N) is 1. The van der Waals surface area contributed by atoms with Crippen LogP contribution in [0, 0.1) is 18.3 Å². The zero-order valence-electron chi connectivity index (χ0n) is 15.4. The summed E-state index contributed by atoms with van der Waals surface area (Å²) in [7, 11) is 0. The lowest BCUT2D eigenvalue weighted by Crippen LogP contribution is -2.17. The minimum Gasteiger partial charge on any atom is -0.365 e. The van der Waals surface area contributed by atoms with Crippen molar-refractivity contribution < 1.29 is 9.59 Å². The molecule has 0 aliphatic heterocycles. The Hall–Kier alpha value is -2.91. The van der Waals surface area contributed by atoms with E-state index in [0.717, 1.165) is 36.8 Å². The molecule has 0 fully saturated rings. The molecule has 27 heavy (non-hydrogen) atoms. The molecule has 5 nitrogen and oxygen atoms in total. The number of hydrogen-bond donors (Lipinski definition) is 2. The van der Waals surface area contributed by atoms with Gasteiger partial charge in [0.1, 0.15) is 16.6 Å². The highest BCUT2D eigenvalue weighted by atomic mass is 32.1. The van der Waals surface area contributed by atoms with Crippen LogP contribution in [0.4, 0.5) is 5.00 Å². The minimum absolute atomic E-state index is 0.0396. The van der Waals surface area contributed by atoms with Crippen LogP contribution in [0.25, 0.3) is 0 Å². The molecule has 0 radical (unpaired) electrons. The van der Waals surface area contributed by atoms with Gasteiger partial charge in [-0.3, -0.25) is 9.59 Å². The Labute approximate surface area is 162 Å². The Bertz CT molecular complexity index is 978. The highest BCUT2D eigenvalue weighted by Crippen LogP contribution is 2.40. The Morgan fingerprint density at radius 1 is 1.19 bits per heavy atom. The summed E-state index contributed by atoms with van der Waals surface area (Å²) in [5.74, 6) is -0.822. The lowest BCUT2D eigenvalue weighted by Gasteiger charge is -2.13. The van der Waals surface area contributed by atoms with E-state index in [4.69, 9.17) is 5.73 Å². The molecular weight excluding hydrogens is 358 g/mol. The number of benzene rings is 1. The normalized spacial score (nSPS) is 14.0. The number of nitriles is 1. The van der Waals surface area contributed by atoms with Crippen LogP contribution in [-0.4, -0.2) is 11.7 Å². The largest absolute Gasteiger partial charge is 0.365 e. The van der Waals surface area contributed by atoms with E-state index >= 15 is 0 Å². The Kier molecular flexibility index (Phi) is 5.43. The number of rotatable bonds is 5. The summed E-state index contributed by atoms with van der Waals surface area (Å²) in [6.45, 7) is 3.61. The van der Waals surface area contributed by atoms with Gasteiger partial charge in [-0.25, -0.2) is 0 Å². The number of aryl methyl sites for hydroxylation is 2. The SMILES string of the molecule is CC(Nc1sc2c(c1C(=O)c1ccc(C)cc1)CCCC2)=C(C#N)C(N)=O. The fraction of sp³-hybridized carbons (Fsp3) is 0.286. The lowest BCUT2D eigenvalue weighted by atomic mass is 9.91. The first kappa shape index (κ1) is 18.9. The molecular formula is C21H21N3O2S. The number of ketones is 1. The molecule has 1 aromatic carbocycles. The van der Waals surface area contributed by atoms with Gasteiger partial charge in [0, 0.05) is 16.1 Å². The summed E-state index contributed by atoms with van der Waals surface area (Å²) < 4.78 is 0. The van der Waals surface area contributed by atoms with Crippen LogP contribution in [0.15, 0.2) is 35.5 Å². The summed E-state index contributed by atoms with van der Waals surface area (Å²) in [4.78, 5) is 25.9. The van der Waals surface area contributed by atoms with E-state index < -0.39 is 5.91 Å². The second kappa shape index (κ2) is 7.77. The van der Waals surface area contributed by atoms with Crippen LogP contribution in [0.1, 0.15) is 51.7 Å². The first-order chi connectivity index (χ1) is 12.9. The molecule has 1 aliphatic rings. The highest BCUT2D eigenvalue weighted by Gasteiger charge is 2.26. The van der Waals surface area contributed by atoms with Crippen molar-refractivity contribution in [2.75, 3.05) is 5.32 Å². The van der Waals surface area contributed by atoms with Gasteiger partial charge in [-0.2, -0.15) is 5.26 Å². The predicted molar refractivity (Wildman–Crippen MR) is 107 cm³/mol. The minimum atomic E-state index is -0.782. The van der Waals surface area contributed by atoms with Crippen molar-refractivity contribution in [2.45, 2.75) is 39.5 Å². The number of anilines is 1. The lowest BCUT2D eigenvalue weighted by molar-refractivity contribution is -0.114. The monoisotopic (exact) mass is 379 g/mol. The fourth-order valence-electron chi connectivity index (χ4n) is 3.30. The summed E-state index contributed by atoms with van der Waals surface area (Å²) in [5.41, 5.74) is 8.98. The van der Waals surface area contributed by atoms with Gasteiger partial charge in [-0.15, -0.1) is 11.3 Å². The molecule has 1 aliphatic carbocycles. The third-order valence-electron chi connectivity index (χ3n) is 4.75. The fourth-order valence-corrected chi connectivity index (χ4v) is 4.64. The van der Waals surface area contributed by atoms with E-state index in [1.165, 1.54) is 16.2 Å². The zero-order chi connectivity index (χ0) is 19.6. The summed E-state index contributed by atoms with van der Waals surface area (Å²) >= 11 is 1.53. The Morgan fingerprint density at radius 3 is 2.48 bits per heavy atom. The average Bonchev–Trinajstić information content (AvgIpc) is 2.99. The molecule has 0 unspecified atom stereocenters. The number of thiophene rings is 1. The van der Waals surface area contributed by atoms with Gasteiger partial charge < -0.3 is 11.1 Å². The second-order valence-electron chi connectivity index (χ2n) is 6.71. The van der Waals surface area contributed by atoms with Gasteiger partial charge in [-0.1, -0.05) is 29.8 Å². The molecule has 3 rings (SSSR count). The topological polar surface area (TPSA) is 96.0 Å². The summed E-state index contributed by atoms with van der Waals surface area (Å²) in [6, 6.07) is 9.34. The quantitative estimate of drug-likeness (QED) is 0.468. The van der Waals surface area contributed by atoms with Gasteiger partial charge in [0.05, 0.1) is 5.56 Å². The smallest absolute Gasteiger partial charge is 0.261 e. The van der Waals surface area contributed by atoms with Crippen LogP contribution in [0.3, 0.4) is 0 Å². The predicted octanol–water partition coefficient (Wildman–Crippen LogP) is 3.86. The standard InChI is InChI=1S/C21H21N3O2S/c1-12-7-9-14(10-8-12)19(25)18-15-5-3-4-6-17(15)27-21(18)24-13(2)16(11-22)20(23)26/h7-10,24H,3-6H2,1-2H3,(H2,23,26). The number of nitrogens with zero attached hydrogens (tertiary/aromatic N) is 1. The van der Waals surface area contributed by atoms with Gasteiger partial charge >= 0.3 is 0 Å². The molecule has 6 heteroatoms. The number of hydrogen-bond acceptors (Lipinski definition) is 5. The zero-order valence-corrected chi connectivity index (χ0v) is 16.2. The number of allylic oxidation sites excluding steroid dienone is 1. The average molecular weight is 379 g/mol. The molecule has 0 bridgehead atoms. The molecule has 138 valence electrons. The van der Waals surface area contributed by atoms with E-state index in [-0.39, 0.29) is 11.4 Å². The van der Waals surface area contributed by atoms with Crippen molar-refractivity contribution in [1.29, 1.82) is 5.26 Å². The van der Waals surface area contributed by atoms with E-state index in [0.29, 0.717) is 21.8 Å². The van der Waals surface area contributed by atoms with Crippen molar-refractivity contribution >= 4 is 28.0 Å². The maximum absolute atomic E-state index is 13.3. The van der Waals surface area contributed by atoms with E-state index in [1.807, 2.05) is 37.3 Å². The van der Waals surface area contributed by atoms with Crippen LogP contribution in [0.5, 0.6) is 0 Å². The number of nitrogens with one attached hydrogen (secondary N) is 1. The van der Waals surface area contributed by atoms with Crippen molar-refractivity contribution in [3.63, 3.8) is 0 Å². The van der Waals surface area contributed by atoms with E-state index in [9.17, 15) is 14.9 Å². The van der Waals surface area contributed by atoms with Gasteiger partial charge in [-0.05, 0) is 45.1 Å². The molecule has 2 aromatic rings. The van der Waals surface area contributed by atoms with Gasteiger partial charge in [0.15, 0.2) is 5.78 Å². The first-order valence-electron chi connectivity index (χ1n) is 8.86. The third kappa shape index (κ3) is 3.79. The number of primary amides is 1. The van der Waals surface area contributed by atoms with Crippen molar-refractivity contribution in [2.24, 2.45) is 5.73 Å². The number of amides is 1. The molecule has 3 N–H and O–H groups in total. The highest BCUT2D eigenvalue weighted by molar-refractivity contribution is 7.16. The molecule has 1 aromatic heterocycles. The Balaban J connectivity index is 2.08. The third-order valence-corrected chi connectivity index (χ3v) is 5.95. The summed E-state index contributed by atoms with van der Waals surface area (Å²) in [5, 5.41) is 13.0. The van der Waals surface area contributed by atoms with Gasteiger partial charge in [0.2, 0.25) is 0 Å². The first-order valence-corrected chi connectivity index (χ1v) is 9.67. The van der Waals surface area contributed by atoms with Crippen molar-refractivity contribution in [3.05, 3.63) is 62.7 Å². The molecule has 0 saturated carbocycles. The van der Waals surface area contributed by atoms with Gasteiger partial charge in [0.25, 0.3) is 5.91 Å². The molecule has 1 amide bonds. The van der Waals surface area contributed by atoms with Crippen molar-refractivity contribution in [1.82, 2.24) is 0 Å². The number of carbonyl (C=O) groups excluding carboxylic acids is 2. The molecule has 1 heterocycles. The maximum Gasteiger partial charge on any atom is 0.261 e.